The number of hydrogen-bond donors (Lipinski definition) is 4. The molecule has 1 unspecified atom stereocenters. The van der Waals surface area contributed by atoms with Gasteiger partial charge in [0.2, 0.25) is 5.78 Å². The number of carbonyl (C=O) groups excluding carboxylic acids is 3. The van der Waals surface area contributed by atoms with Gasteiger partial charge in [0.1, 0.15) is 35.6 Å². The Kier molecular flexibility index (Phi) is 10.2. The molecular formula is C37H45NO13. The highest BCUT2D eigenvalue weighted by Gasteiger charge is 2.50. The minimum atomic E-state index is -2.17. The van der Waals surface area contributed by atoms with Gasteiger partial charge in [-0.3, -0.25) is 14.4 Å². The molecule has 5 N–H and O–H groups in total. The molecule has 5 aliphatic rings. The molecule has 14 heteroatoms. The number of phenols is 2. The second-order valence-corrected chi connectivity index (χ2v) is 14.0. The van der Waals surface area contributed by atoms with Crippen LogP contribution in [0.1, 0.15) is 107 Å². The summed E-state index contributed by atoms with van der Waals surface area (Å²) < 4.78 is 41.2. The zero-order valence-electron chi connectivity index (χ0n) is 28.8. The third-order valence-electron chi connectivity index (χ3n) is 10.6. The average Bonchev–Trinajstić information content (AvgIpc) is 3.12. The maximum atomic E-state index is 14.0. The zero-order valence-corrected chi connectivity index (χ0v) is 28.8. The number of phenolic OH excluding ortho intramolecular Hbond substituents is 2. The summed E-state index contributed by atoms with van der Waals surface area (Å²) in [7, 11) is 1.35. The fourth-order valence-electron chi connectivity index (χ4n) is 7.95. The van der Waals surface area contributed by atoms with Crippen LogP contribution in [0, 0.1) is 0 Å². The highest BCUT2D eigenvalue weighted by atomic mass is 16.7. The molecule has 0 amide bonds. The van der Waals surface area contributed by atoms with E-state index in [4.69, 9.17) is 38.9 Å². The third-order valence-corrected chi connectivity index (χ3v) is 10.6. The number of fused-ring (bicyclic) bond motifs is 3. The van der Waals surface area contributed by atoms with E-state index in [0.29, 0.717) is 19.6 Å². The summed E-state index contributed by atoms with van der Waals surface area (Å²) in [5.74, 6) is -3.30. The van der Waals surface area contributed by atoms with E-state index in [0.717, 1.165) is 32.1 Å². The highest BCUT2D eigenvalue weighted by Crippen LogP contribution is 2.52. The van der Waals surface area contributed by atoms with E-state index in [2.05, 4.69) is 0 Å². The highest BCUT2D eigenvalue weighted by molar-refractivity contribution is 6.31. The van der Waals surface area contributed by atoms with Crippen LogP contribution in [0.25, 0.3) is 0 Å². The lowest BCUT2D eigenvalue weighted by atomic mass is 9.72. The minimum Gasteiger partial charge on any atom is -0.507 e. The SMILES string of the molecule is COc1cccc2c1C(=O)c1c(O)c3c(c(O)c1C2=O)C[C@@](O)(C(=O)COC1CCCCO1)C[C@@H]3O[C@H]1C[C@H](N)[C@H](O[C@H]2CCCCO2)[C@H](C)O1. The van der Waals surface area contributed by atoms with Crippen LogP contribution in [0.2, 0.25) is 0 Å². The first-order valence-corrected chi connectivity index (χ1v) is 17.7. The van der Waals surface area contributed by atoms with Crippen LogP contribution in [0.5, 0.6) is 17.2 Å². The van der Waals surface area contributed by atoms with Crippen LogP contribution >= 0.6 is 0 Å². The lowest BCUT2D eigenvalue weighted by Gasteiger charge is -2.44. The van der Waals surface area contributed by atoms with E-state index in [1.54, 1.807) is 6.92 Å². The van der Waals surface area contributed by atoms with E-state index >= 15 is 0 Å². The van der Waals surface area contributed by atoms with Gasteiger partial charge in [-0.05, 0) is 51.5 Å². The number of aliphatic hydroxyl groups is 1. The molecule has 0 aromatic heterocycles. The molecule has 3 saturated heterocycles. The Morgan fingerprint density at radius 2 is 1.65 bits per heavy atom. The van der Waals surface area contributed by atoms with Gasteiger partial charge >= 0.3 is 0 Å². The van der Waals surface area contributed by atoms with Crippen molar-refractivity contribution in [2.45, 2.75) is 114 Å². The van der Waals surface area contributed by atoms with Gasteiger partial charge in [-0.1, -0.05) is 12.1 Å². The number of nitrogens with two attached hydrogens (primary N) is 1. The topological polar surface area (TPSA) is 203 Å². The van der Waals surface area contributed by atoms with E-state index in [-0.39, 0.29) is 40.8 Å². The predicted molar refractivity (Wildman–Crippen MR) is 177 cm³/mol. The first kappa shape index (κ1) is 35.9. The number of methoxy groups -OCH3 is 1. The number of benzene rings is 2. The van der Waals surface area contributed by atoms with Gasteiger partial charge in [0.05, 0.1) is 36.0 Å². The fourth-order valence-corrected chi connectivity index (χ4v) is 7.95. The quantitative estimate of drug-likeness (QED) is 0.236. The fraction of sp³-hybridized carbons (Fsp3) is 0.595. The summed E-state index contributed by atoms with van der Waals surface area (Å²) in [6.45, 7) is 2.39. The van der Waals surface area contributed by atoms with E-state index < -0.39 is 102 Å². The number of rotatable bonds is 9. The van der Waals surface area contributed by atoms with Gasteiger partial charge in [-0.2, -0.15) is 0 Å². The van der Waals surface area contributed by atoms with Crippen molar-refractivity contribution in [3.63, 3.8) is 0 Å². The molecule has 0 bridgehead atoms. The van der Waals surface area contributed by atoms with Crippen LogP contribution in [-0.4, -0.2) is 102 Å². The lowest BCUT2D eigenvalue weighted by Crippen LogP contribution is -2.55. The largest absolute Gasteiger partial charge is 0.507 e. The second-order valence-electron chi connectivity index (χ2n) is 14.0. The van der Waals surface area contributed by atoms with Gasteiger partial charge in [-0.25, -0.2) is 0 Å². The lowest BCUT2D eigenvalue weighted by molar-refractivity contribution is -0.281. The van der Waals surface area contributed by atoms with Crippen molar-refractivity contribution >= 4 is 17.3 Å². The molecule has 3 heterocycles. The smallest absolute Gasteiger partial charge is 0.202 e. The van der Waals surface area contributed by atoms with E-state index in [9.17, 15) is 29.7 Å². The van der Waals surface area contributed by atoms with Crippen LogP contribution in [0.15, 0.2) is 18.2 Å². The molecule has 3 fully saturated rings. The number of ether oxygens (including phenoxy) is 7. The van der Waals surface area contributed by atoms with Crippen molar-refractivity contribution < 1.29 is 62.9 Å². The van der Waals surface area contributed by atoms with Crippen LogP contribution in [0.3, 0.4) is 0 Å². The first-order valence-electron chi connectivity index (χ1n) is 17.7. The molecule has 51 heavy (non-hydrogen) atoms. The number of Topliss-reactive ketones (excluding diaryl/α,β-unsaturated/α-hetero) is 1. The Bertz CT molecular complexity index is 1670. The molecular weight excluding hydrogens is 666 g/mol. The number of carbonyl (C=O) groups is 3. The summed E-state index contributed by atoms with van der Waals surface area (Å²) in [5, 5.41) is 35.6. The molecule has 276 valence electrons. The van der Waals surface area contributed by atoms with Crippen molar-refractivity contribution in [3.8, 4) is 17.2 Å². The zero-order chi connectivity index (χ0) is 36.0. The average molecular weight is 712 g/mol. The Labute approximate surface area is 295 Å². The molecule has 14 nitrogen and oxygen atoms in total. The van der Waals surface area contributed by atoms with E-state index in [1.807, 2.05) is 0 Å². The summed E-state index contributed by atoms with van der Waals surface area (Å²) >= 11 is 0. The van der Waals surface area contributed by atoms with Crippen molar-refractivity contribution in [3.05, 3.63) is 51.6 Å². The summed E-state index contributed by atoms with van der Waals surface area (Å²) in [6.07, 6.45) is -0.0811. The number of aromatic hydroxyl groups is 2. The van der Waals surface area contributed by atoms with Gasteiger partial charge in [0.25, 0.3) is 0 Å². The molecule has 0 saturated carbocycles. The normalized spacial score (nSPS) is 32.1. The molecule has 2 aromatic rings. The van der Waals surface area contributed by atoms with Gasteiger partial charge in [-0.15, -0.1) is 0 Å². The third kappa shape index (κ3) is 6.68. The summed E-state index contributed by atoms with van der Waals surface area (Å²) in [5.41, 5.74) is 3.33. The molecule has 3 aliphatic heterocycles. The molecule has 2 aromatic carbocycles. The van der Waals surface area contributed by atoms with Crippen molar-refractivity contribution in [2.24, 2.45) is 5.73 Å². The predicted octanol–water partition coefficient (Wildman–Crippen LogP) is 3.10. The Morgan fingerprint density at radius 1 is 0.941 bits per heavy atom. The maximum Gasteiger partial charge on any atom is 0.202 e. The van der Waals surface area contributed by atoms with Crippen LogP contribution in [-0.2, 0) is 39.6 Å². The summed E-state index contributed by atoms with van der Waals surface area (Å²) in [6, 6.07) is 3.93. The molecule has 7 rings (SSSR count). The Balaban J connectivity index is 1.23. The van der Waals surface area contributed by atoms with Crippen LogP contribution in [0.4, 0.5) is 0 Å². The molecule has 2 aliphatic carbocycles. The minimum absolute atomic E-state index is 0.0219. The standard InChI is InChI=1S/C37H45NO13/c1-18-36(51-26-11-4-6-13-47-26)21(38)14-27(49-18)50-23-16-37(44,24(39)17-48-25-10-3-5-12-46-25)15-20-29(23)35(43)31-30(33(20)41)32(40)19-8-7-9-22(45-2)28(19)34(31)42/h7-9,18,21,23,25-27,36,41,43-44H,3-6,10-17,38H2,1-2H3/t18-,21-,23-,25?,26-,27-,36+,37-/m0/s1. The maximum absolute atomic E-state index is 14.0. The number of ketones is 3. The van der Waals surface area contributed by atoms with Gasteiger partial charge < -0.3 is 54.2 Å². The molecule has 0 radical (unpaired) electrons. The monoisotopic (exact) mass is 711 g/mol. The Morgan fingerprint density at radius 3 is 2.31 bits per heavy atom. The van der Waals surface area contributed by atoms with Crippen molar-refractivity contribution in [1.29, 1.82) is 0 Å². The molecule has 8 atom stereocenters. The molecule has 0 spiro atoms. The number of hydrogen-bond acceptors (Lipinski definition) is 14. The van der Waals surface area contributed by atoms with Gasteiger partial charge in [0, 0.05) is 55.2 Å². The van der Waals surface area contributed by atoms with Crippen molar-refractivity contribution in [1.82, 2.24) is 0 Å². The van der Waals surface area contributed by atoms with Crippen LogP contribution < -0.4 is 10.5 Å². The summed E-state index contributed by atoms with van der Waals surface area (Å²) in [4.78, 5) is 41.6. The second kappa shape index (κ2) is 14.5. The Hall–Kier alpha value is -3.47. The van der Waals surface area contributed by atoms with E-state index in [1.165, 1.54) is 25.3 Å². The first-order chi connectivity index (χ1) is 24.5. The van der Waals surface area contributed by atoms with Crippen molar-refractivity contribution in [2.75, 3.05) is 26.9 Å². The van der Waals surface area contributed by atoms with Gasteiger partial charge in [0.15, 0.2) is 30.4 Å².